The molecule has 4 nitrogen and oxygen atoms in total. The molecule has 1 aliphatic rings. The highest BCUT2D eigenvalue weighted by molar-refractivity contribution is 5.69. The van der Waals surface area contributed by atoms with Gasteiger partial charge in [-0.1, -0.05) is 13.8 Å². The number of rotatable bonds is 4. The monoisotopic (exact) mass is 186 g/mol. The van der Waals surface area contributed by atoms with Crippen molar-refractivity contribution in [2.75, 3.05) is 26.2 Å². The van der Waals surface area contributed by atoms with Gasteiger partial charge in [0.05, 0.1) is 6.54 Å². The number of ether oxygens (including phenoxy) is 1. The van der Waals surface area contributed by atoms with Gasteiger partial charge in [0.15, 0.2) is 0 Å². The molecule has 4 heteroatoms. The van der Waals surface area contributed by atoms with Gasteiger partial charge in [0.2, 0.25) is 0 Å². The van der Waals surface area contributed by atoms with E-state index in [2.05, 4.69) is 13.8 Å². The lowest BCUT2D eigenvalue weighted by atomic mass is 9.89. The summed E-state index contributed by atoms with van der Waals surface area (Å²) in [7, 11) is 0. The lowest BCUT2D eigenvalue weighted by Gasteiger charge is -2.24. The highest BCUT2D eigenvalue weighted by Crippen LogP contribution is 2.19. The van der Waals surface area contributed by atoms with Crippen LogP contribution in [0.3, 0.4) is 0 Å². The minimum Gasteiger partial charge on any atom is -0.448 e. The number of hydrogen-bond acceptors (Lipinski definition) is 3. The van der Waals surface area contributed by atoms with Crippen LogP contribution in [0.1, 0.15) is 20.3 Å². The van der Waals surface area contributed by atoms with Crippen LogP contribution in [0.25, 0.3) is 0 Å². The molecule has 76 valence electrons. The first-order chi connectivity index (χ1) is 6.05. The summed E-state index contributed by atoms with van der Waals surface area (Å²) in [5, 5.41) is 0. The molecule has 1 saturated heterocycles. The fraction of sp³-hybridized carbons (Fsp3) is 0.889. The predicted octanol–water partition coefficient (Wildman–Crippen LogP) is 0.814. The van der Waals surface area contributed by atoms with Gasteiger partial charge in [-0.3, -0.25) is 0 Å². The summed E-state index contributed by atoms with van der Waals surface area (Å²) < 4.78 is 4.82. The Kier molecular flexibility index (Phi) is 3.14. The van der Waals surface area contributed by atoms with E-state index in [9.17, 15) is 4.79 Å². The second-order valence-electron chi connectivity index (χ2n) is 4.22. The Labute approximate surface area is 79.0 Å². The highest BCUT2D eigenvalue weighted by atomic mass is 16.6. The van der Waals surface area contributed by atoms with Crippen molar-refractivity contribution in [3.8, 4) is 0 Å². The van der Waals surface area contributed by atoms with Crippen LogP contribution < -0.4 is 5.73 Å². The summed E-state index contributed by atoms with van der Waals surface area (Å²) in [6, 6.07) is 0. The average Bonchev–Trinajstić information content (AvgIpc) is 2.48. The zero-order valence-electron chi connectivity index (χ0n) is 8.38. The summed E-state index contributed by atoms with van der Waals surface area (Å²) in [5.41, 5.74) is 5.70. The quantitative estimate of drug-likeness (QED) is 0.707. The third-order valence-electron chi connectivity index (χ3n) is 2.46. The van der Waals surface area contributed by atoms with Crippen molar-refractivity contribution >= 4 is 6.09 Å². The molecule has 0 radical (unpaired) electrons. The van der Waals surface area contributed by atoms with Gasteiger partial charge >= 0.3 is 6.09 Å². The molecule has 1 fully saturated rings. The van der Waals surface area contributed by atoms with Crippen molar-refractivity contribution in [1.29, 1.82) is 0 Å². The molecule has 0 aromatic rings. The van der Waals surface area contributed by atoms with Crippen molar-refractivity contribution in [2.24, 2.45) is 11.1 Å². The molecule has 2 N–H and O–H groups in total. The van der Waals surface area contributed by atoms with Gasteiger partial charge in [0.1, 0.15) is 6.61 Å². The fourth-order valence-corrected chi connectivity index (χ4v) is 1.17. The van der Waals surface area contributed by atoms with E-state index < -0.39 is 0 Å². The number of carbonyl (C=O) groups excluding carboxylic acids is 1. The lowest BCUT2D eigenvalue weighted by Crippen LogP contribution is -2.32. The van der Waals surface area contributed by atoms with Crippen LogP contribution in [-0.4, -0.2) is 37.2 Å². The van der Waals surface area contributed by atoms with E-state index in [4.69, 9.17) is 10.5 Å². The van der Waals surface area contributed by atoms with Crippen LogP contribution in [0.15, 0.2) is 0 Å². The molecule has 13 heavy (non-hydrogen) atoms. The number of nitrogens with zero attached hydrogens (tertiary/aromatic N) is 1. The minimum absolute atomic E-state index is 0.114. The number of amides is 1. The normalized spacial score (nSPS) is 17.8. The average molecular weight is 186 g/mol. The molecule has 0 spiro atoms. The third-order valence-corrected chi connectivity index (χ3v) is 2.46. The van der Waals surface area contributed by atoms with Gasteiger partial charge in [-0.25, -0.2) is 4.79 Å². The summed E-state index contributed by atoms with van der Waals surface area (Å²) in [4.78, 5) is 12.8. The van der Waals surface area contributed by atoms with Gasteiger partial charge in [-0.2, -0.15) is 0 Å². The summed E-state index contributed by atoms with van der Waals surface area (Å²) in [6.45, 7) is 6.86. The van der Waals surface area contributed by atoms with Crippen LogP contribution >= 0.6 is 0 Å². The summed E-state index contributed by atoms with van der Waals surface area (Å²) >= 11 is 0. The number of hydrogen-bond donors (Lipinski definition) is 1. The first kappa shape index (κ1) is 10.3. The largest absolute Gasteiger partial charge is 0.448 e. The van der Waals surface area contributed by atoms with Gasteiger partial charge in [0, 0.05) is 6.54 Å². The molecular formula is C9H18N2O2. The van der Waals surface area contributed by atoms with Crippen LogP contribution in [0.5, 0.6) is 0 Å². The van der Waals surface area contributed by atoms with Crippen LogP contribution in [-0.2, 0) is 4.74 Å². The number of carbonyl (C=O) groups is 1. The van der Waals surface area contributed by atoms with E-state index in [0.29, 0.717) is 13.2 Å². The second-order valence-corrected chi connectivity index (χ2v) is 4.22. The molecular weight excluding hydrogens is 168 g/mol. The zero-order chi connectivity index (χ0) is 9.90. The van der Waals surface area contributed by atoms with Crippen LogP contribution in [0, 0.1) is 5.41 Å². The maximum Gasteiger partial charge on any atom is 0.409 e. The fourth-order valence-electron chi connectivity index (χ4n) is 1.17. The SMILES string of the molecule is CC(C)(CN)CCN1CCOC1=O. The molecule has 0 aromatic heterocycles. The Hall–Kier alpha value is -0.770. The van der Waals surface area contributed by atoms with E-state index in [1.165, 1.54) is 0 Å². The standard InChI is InChI=1S/C9H18N2O2/c1-9(2,7-10)3-4-11-5-6-13-8(11)12/h3-7,10H2,1-2H3. The Bertz CT molecular complexity index is 192. The molecule has 1 amide bonds. The Morgan fingerprint density at radius 3 is 2.77 bits per heavy atom. The summed E-state index contributed by atoms with van der Waals surface area (Å²) in [6.07, 6.45) is 0.742. The van der Waals surface area contributed by atoms with Crippen LogP contribution in [0.4, 0.5) is 4.79 Å². The van der Waals surface area contributed by atoms with Crippen molar-refractivity contribution < 1.29 is 9.53 Å². The van der Waals surface area contributed by atoms with Gasteiger partial charge < -0.3 is 15.4 Å². The molecule has 1 rings (SSSR count). The van der Waals surface area contributed by atoms with E-state index in [0.717, 1.165) is 19.5 Å². The Morgan fingerprint density at radius 2 is 2.31 bits per heavy atom. The molecule has 0 saturated carbocycles. The van der Waals surface area contributed by atoms with Gasteiger partial charge in [-0.15, -0.1) is 0 Å². The highest BCUT2D eigenvalue weighted by Gasteiger charge is 2.24. The smallest absolute Gasteiger partial charge is 0.409 e. The third kappa shape index (κ3) is 2.88. The first-order valence-corrected chi connectivity index (χ1v) is 4.67. The zero-order valence-corrected chi connectivity index (χ0v) is 8.38. The van der Waals surface area contributed by atoms with Crippen molar-refractivity contribution in [3.63, 3.8) is 0 Å². The van der Waals surface area contributed by atoms with Crippen LogP contribution in [0.2, 0.25) is 0 Å². The topological polar surface area (TPSA) is 55.6 Å². The number of nitrogens with two attached hydrogens (primary N) is 1. The number of cyclic esters (lactones) is 1. The Balaban J connectivity index is 2.29. The molecule has 0 aromatic carbocycles. The van der Waals surface area contributed by atoms with Crippen molar-refractivity contribution in [3.05, 3.63) is 0 Å². The molecule has 1 aliphatic heterocycles. The van der Waals surface area contributed by atoms with Gasteiger partial charge in [-0.05, 0) is 18.4 Å². The van der Waals surface area contributed by atoms with E-state index in [1.807, 2.05) is 0 Å². The van der Waals surface area contributed by atoms with Gasteiger partial charge in [0.25, 0.3) is 0 Å². The Morgan fingerprint density at radius 1 is 1.62 bits per heavy atom. The molecule has 0 bridgehead atoms. The molecule has 1 heterocycles. The summed E-state index contributed by atoms with van der Waals surface area (Å²) in [5.74, 6) is 0. The van der Waals surface area contributed by atoms with Crippen molar-refractivity contribution in [1.82, 2.24) is 4.90 Å². The van der Waals surface area contributed by atoms with E-state index in [1.54, 1.807) is 4.90 Å². The van der Waals surface area contributed by atoms with Crippen molar-refractivity contribution in [2.45, 2.75) is 20.3 Å². The maximum absolute atomic E-state index is 11.1. The molecule has 0 unspecified atom stereocenters. The lowest BCUT2D eigenvalue weighted by molar-refractivity contribution is 0.154. The second kappa shape index (κ2) is 3.96. The maximum atomic E-state index is 11.1. The van der Waals surface area contributed by atoms with E-state index >= 15 is 0 Å². The molecule has 0 aliphatic carbocycles. The molecule has 0 atom stereocenters. The first-order valence-electron chi connectivity index (χ1n) is 4.67. The van der Waals surface area contributed by atoms with E-state index in [-0.39, 0.29) is 11.5 Å². The predicted molar refractivity (Wildman–Crippen MR) is 50.4 cm³/mol. The minimum atomic E-state index is -0.187.